The van der Waals surface area contributed by atoms with Gasteiger partial charge in [-0.3, -0.25) is 4.68 Å². The van der Waals surface area contributed by atoms with Crippen molar-refractivity contribution in [3.8, 4) is 34.1 Å². The smallest absolute Gasteiger partial charge is 0.509 e. The molecule has 5 nitrogen and oxygen atoms in total. The number of benzene rings is 4. The summed E-state index contributed by atoms with van der Waals surface area (Å²) in [6.07, 6.45) is 12.4. The zero-order valence-electron chi connectivity index (χ0n) is 31.4. The minimum atomic E-state index is 0. The Morgan fingerprint density at radius 2 is 1.54 bits per heavy atom. The molecule has 0 fully saturated rings. The minimum Gasteiger partial charge on any atom is -0.509 e. The molecule has 0 aliphatic carbocycles. The predicted octanol–water partition coefficient (Wildman–Crippen LogP) is 11.8. The van der Waals surface area contributed by atoms with Gasteiger partial charge >= 0.3 is 21.1 Å². The first-order valence-electron chi connectivity index (χ1n) is 18.5. The fraction of sp³-hybridized carbons (Fsp3) is 0.304. The molecule has 0 radical (unpaired) electrons. The molecule has 0 bridgehead atoms. The molecule has 268 valence electrons. The van der Waals surface area contributed by atoms with Gasteiger partial charge in [0.05, 0.1) is 6.20 Å². The molecule has 0 aliphatic heterocycles. The number of nitrogens with zero attached hydrogens (tertiary/aromatic N) is 4. The average molecular weight is 868 g/mol. The maximum Gasteiger partial charge on any atom is 2.00 e. The average Bonchev–Trinajstić information content (AvgIpc) is 3.73. The van der Waals surface area contributed by atoms with Crippen molar-refractivity contribution in [2.24, 2.45) is 5.92 Å². The number of aryl methyl sites for hydroxylation is 4. The van der Waals surface area contributed by atoms with Crippen molar-refractivity contribution in [1.82, 2.24) is 19.3 Å². The van der Waals surface area contributed by atoms with Gasteiger partial charge in [0, 0.05) is 35.0 Å². The Morgan fingerprint density at radius 1 is 0.788 bits per heavy atom. The van der Waals surface area contributed by atoms with E-state index in [0.29, 0.717) is 17.4 Å². The molecular weight excluding hydrogens is 820 g/mol. The first-order valence-corrected chi connectivity index (χ1v) is 18.5. The fourth-order valence-electron chi connectivity index (χ4n) is 7.45. The maximum absolute atomic E-state index is 6.65. The number of hydrogen-bond donors (Lipinski definition) is 0. The van der Waals surface area contributed by atoms with Gasteiger partial charge in [0.1, 0.15) is 5.82 Å². The summed E-state index contributed by atoms with van der Waals surface area (Å²) in [6.45, 7) is 15.7. The van der Waals surface area contributed by atoms with Crippen LogP contribution < -0.4 is 4.74 Å². The molecule has 52 heavy (non-hydrogen) atoms. The van der Waals surface area contributed by atoms with Crippen LogP contribution in [0.5, 0.6) is 11.5 Å². The Hall–Kier alpha value is -4.47. The summed E-state index contributed by atoms with van der Waals surface area (Å²) >= 11 is 0. The molecule has 0 spiro atoms. The fourth-order valence-corrected chi connectivity index (χ4v) is 7.45. The van der Waals surface area contributed by atoms with Crippen molar-refractivity contribution in [1.29, 1.82) is 0 Å². The molecule has 0 saturated carbocycles. The van der Waals surface area contributed by atoms with Gasteiger partial charge in [-0.2, -0.15) is 16.7 Å². The normalized spacial score (nSPS) is 11.5. The third kappa shape index (κ3) is 7.52. The number of fused-ring (bicyclic) bond motifs is 3. The number of para-hydroxylation sites is 1. The summed E-state index contributed by atoms with van der Waals surface area (Å²) in [6, 6.07) is 30.6. The van der Waals surface area contributed by atoms with Gasteiger partial charge < -0.3 is 9.30 Å². The summed E-state index contributed by atoms with van der Waals surface area (Å²) in [7, 11) is 0. The van der Waals surface area contributed by atoms with Crippen LogP contribution in [0.3, 0.4) is 0 Å². The standard InChI is InChI=1S/C46H48N4O.Pt/c1-8-12-39-32(6)23-33(7)40(13-9-2)46(39)35-28-48-49(29-35)36-24-34(17-16-30(3)4)25-38(26-36)51-37-18-19-42-41-14-10-11-15-43(41)50(44(42)27-37)45-22-31(5)20-21-47-45;/h10-11,14-15,18-25,28-30H,8-9,12-13,16-17H2,1-7H3;/q-2;+2. The number of pyridine rings is 1. The van der Waals surface area contributed by atoms with Crippen molar-refractivity contribution in [3.63, 3.8) is 0 Å². The predicted molar refractivity (Wildman–Crippen MR) is 211 cm³/mol. The van der Waals surface area contributed by atoms with Gasteiger partial charge in [0.15, 0.2) is 0 Å². The molecule has 0 aliphatic rings. The van der Waals surface area contributed by atoms with Gasteiger partial charge in [0.25, 0.3) is 0 Å². The van der Waals surface area contributed by atoms with E-state index < -0.39 is 0 Å². The van der Waals surface area contributed by atoms with E-state index in [1.54, 1.807) is 0 Å². The SMILES string of the molecule is CCCc1c(C)cc(C)c(CCC)c1-c1cnn(-c2[c-]c(Oc3[c-]c4c(cc3)c3ccccc3n4-c3cc(C)ccn3)cc(CCC(C)C)c2)c1.[Pt+2]. The summed E-state index contributed by atoms with van der Waals surface area (Å²) in [5.74, 6) is 2.73. The summed E-state index contributed by atoms with van der Waals surface area (Å²) in [5, 5.41) is 7.20. The summed E-state index contributed by atoms with van der Waals surface area (Å²) < 4.78 is 10.8. The van der Waals surface area contributed by atoms with Crippen LogP contribution in [0, 0.1) is 38.8 Å². The van der Waals surface area contributed by atoms with Crippen molar-refractivity contribution in [2.45, 2.75) is 87.0 Å². The molecule has 0 unspecified atom stereocenters. The minimum absolute atomic E-state index is 0. The second-order valence-corrected chi connectivity index (χ2v) is 14.4. The van der Waals surface area contributed by atoms with Crippen LogP contribution in [0.2, 0.25) is 0 Å². The molecule has 0 atom stereocenters. The molecule has 0 amide bonds. The Labute approximate surface area is 323 Å². The Bertz CT molecular complexity index is 2320. The molecule has 7 rings (SSSR count). The molecule has 3 heterocycles. The van der Waals surface area contributed by atoms with E-state index in [9.17, 15) is 0 Å². The summed E-state index contributed by atoms with van der Waals surface area (Å²) in [5.41, 5.74) is 13.4. The number of rotatable bonds is 12. The number of aromatic nitrogens is 4. The second kappa shape index (κ2) is 16.0. The van der Waals surface area contributed by atoms with Crippen molar-refractivity contribution < 1.29 is 25.8 Å². The number of ether oxygens (including phenoxy) is 1. The second-order valence-electron chi connectivity index (χ2n) is 14.4. The quantitative estimate of drug-likeness (QED) is 0.115. The molecule has 4 aromatic carbocycles. The van der Waals surface area contributed by atoms with Gasteiger partial charge in [-0.15, -0.1) is 35.7 Å². The topological polar surface area (TPSA) is 44.9 Å². The molecular formula is C46H48N4OPt. The Morgan fingerprint density at radius 3 is 2.25 bits per heavy atom. The molecule has 6 heteroatoms. The van der Waals surface area contributed by atoms with E-state index in [2.05, 4.69) is 126 Å². The molecule has 0 N–H and O–H groups in total. The van der Waals surface area contributed by atoms with E-state index in [1.807, 2.05) is 29.2 Å². The third-order valence-corrected chi connectivity index (χ3v) is 9.91. The van der Waals surface area contributed by atoms with Crippen LogP contribution in [0.25, 0.3) is 44.4 Å². The third-order valence-electron chi connectivity index (χ3n) is 9.91. The van der Waals surface area contributed by atoms with Gasteiger partial charge in [-0.25, -0.2) is 4.98 Å². The van der Waals surface area contributed by atoms with E-state index in [1.165, 1.54) is 33.4 Å². The van der Waals surface area contributed by atoms with Crippen LogP contribution in [0.1, 0.15) is 80.3 Å². The Balaban J connectivity index is 0.00000464. The van der Waals surface area contributed by atoms with Crippen molar-refractivity contribution in [2.75, 3.05) is 0 Å². The van der Waals surface area contributed by atoms with E-state index in [0.717, 1.165) is 83.0 Å². The van der Waals surface area contributed by atoms with Crippen molar-refractivity contribution >= 4 is 21.8 Å². The van der Waals surface area contributed by atoms with E-state index in [4.69, 9.17) is 14.8 Å². The molecule has 7 aromatic rings. The van der Waals surface area contributed by atoms with Crippen molar-refractivity contribution in [3.05, 3.63) is 131 Å². The summed E-state index contributed by atoms with van der Waals surface area (Å²) in [4.78, 5) is 4.74. The van der Waals surface area contributed by atoms with Crippen LogP contribution >= 0.6 is 0 Å². The van der Waals surface area contributed by atoms with Gasteiger partial charge in [-0.05, 0) is 109 Å². The zero-order chi connectivity index (χ0) is 35.6. The van der Waals surface area contributed by atoms with Crippen LogP contribution in [-0.4, -0.2) is 19.3 Å². The Kier molecular flexibility index (Phi) is 11.5. The van der Waals surface area contributed by atoms with E-state index in [-0.39, 0.29) is 21.1 Å². The van der Waals surface area contributed by atoms with Gasteiger partial charge in [-0.1, -0.05) is 76.7 Å². The van der Waals surface area contributed by atoms with Gasteiger partial charge in [0.2, 0.25) is 0 Å². The maximum atomic E-state index is 6.65. The molecule has 0 saturated heterocycles. The van der Waals surface area contributed by atoms with Crippen LogP contribution in [-0.2, 0) is 40.3 Å². The first-order chi connectivity index (χ1) is 24.7. The number of hydrogen-bond acceptors (Lipinski definition) is 3. The molecule has 3 aromatic heterocycles. The monoisotopic (exact) mass is 867 g/mol. The largest absolute Gasteiger partial charge is 2.00 e. The first kappa shape index (κ1) is 37.3. The van der Waals surface area contributed by atoms with Crippen LogP contribution in [0.15, 0.2) is 85.3 Å². The van der Waals surface area contributed by atoms with E-state index >= 15 is 0 Å². The van der Waals surface area contributed by atoms with Crippen LogP contribution in [0.4, 0.5) is 0 Å². The zero-order valence-corrected chi connectivity index (χ0v) is 33.7.